The first-order chi connectivity index (χ1) is 11.0. The molecule has 0 bridgehead atoms. The second-order valence-corrected chi connectivity index (χ2v) is 9.58. The summed E-state index contributed by atoms with van der Waals surface area (Å²) in [6.07, 6.45) is 14.0. The van der Waals surface area contributed by atoms with Gasteiger partial charge in [-0.25, -0.2) is 0 Å². The van der Waals surface area contributed by atoms with E-state index in [9.17, 15) is 9.90 Å². The Kier molecular flexibility index (Phi) is 4.01. The molecule has 2 heteroatoms. The van der Waals surface area contributed by atoms with Gasteiger partial charge in [-0.15, -0.1) is 0 Å². The van der Waals surface area contributed by atoms with Gasteiger partial charge in [0.15, 0.2) is 0 Å². The Morgan fingerprint density at radius 2 is 1.74 bits per heavy atom. The summed E-state index contributed by atoms with van der Waals surface area (Å²) >= 11 is 0. The van der Waals surface area contributed by atoms with Crippen LogP contribution >= 0.6 is 0 Å². The van der Waals surface area contributed by atoms with Crippen LogP contribution in [0.2, 0.25) is 0 Å². The van der Waals surface area contributed by atoms with Gasteiger partial charge in [0.1, 0.15) is 0 Å². The number of aliphatic carboxylic acids is 1. The Morgan fingerprint density at radius 3 is 2.52 bits per heavy atom. The van der Waals surface area contributed by atoms with Crippen LogP contribution in [0.4, 0.5) is 0 Å². The van der Waals surface area contributed by atoms with Gasteiger partial charge in [0.2, 0.25) is 0 Å². The normalized spacial score (nSPS) is 50.5. The summed E-state index contributed by atoms with van der Waals surface area (Å²) in [5.74, 6) is 4.17. The van der Waals surface area contributed by atoms with Crippen LogP contribution in [0.1, 0.15) is 78.1 Å². The molecule has 2 nitrogen and oxygen atoms in total. The lowest BCUT2D eigenvalue weighted by Crippen LogP contribution is -2.51. The van der Waals surface area contributed by atoms with Crippen molar-refractivity contribution in [2.24, 2.45) is 46.8 Å². The monoisotopic (exact) mass is 318 g/mol. The number of fused-ring (bicyclic) bond motifs is 5. The predicted molar refractivity (Wildman–Crippen MR) is 92.0 cm³/mol. The van der Waals surface area contributed by atoms with E-state index in [2.05, 4.69) is 6.92 Å². The first kappa shape index (κ1) is 16.0. The van der Waals surface area contributed by atoms with Crippen molar-refractivity contribution < 1.29 is 9.90 Å². The van der Waals surface area contributed by atoms with Gasteiger partial charge in [-0.05, 0) is 85.9 Å². The minimum atomic E-state index is -0.569. The largest absolute Gasteiger partial charge is 0.481 e. The Balaban J connectivity index is 1.56. The average Bonchev–Trinajstić information content (AvgIpc) is 2.97. The van der Waals surface area contributed by atoms with Crippen LogP contribution in [0, 0.1) is 46.8 Å². The molecule has 4 fully saturated rings. The molecule has 0 aliphatic heterocycles. The van der Waals surface area contributed by atoms with Crippen molar-refractivity contribution in [3.63, 3.8) is 0 Å². The van der Waals surface area contributed by atoms with Gasteiger partial charge in [0.05, 0.1) is 5.92 Å². The minimum absolute atomic E-state index is 0.139. The maximum absolute atomic E-state index is 11.5. The number of rotatable bonds is 2. The Hall–Kier alpha value is -0.530. The highest BCUT2D eigenvalue weighted by Gasteiger charge is 2.57. The van der Waals surface area contributed by atoms with Gasteiger partial charge in [-0.1, -0.05) is 33.1 Å². The molecule has 130 valence electrons. The zero-order valence-corrected chi connectivity index (χ0v) is 15.0. The van der Waals surface area contributed by atoms with Crippen molar-refractivity contribution in [1.29, 1.82) is 0 Å². The maximum Gasteiger partial charge on any atom is 0.306 e. The lowest BCUT2D eigenvalue weighted by Gasteiger charge is -2.59. The van der Waals surface area contributed by atoms with Crippen LogP contribution in [0.15, 0.2) is 0 Å². The molecule has 23 heavy (non-hydrogen) atoms. The fraction of sp³-hybridized carbons (Fsp3) is 0.952. The van der Waals surface area contributed by atoms with E-state index in [0.29, 0.717) is 17.3 Å². The second-order valence-electron chi connectivity index (χ2n) is 9.58. The van der Waals surface area contributed by atoms with E-state index in [0.717, 1.165) is 23.7 Å². The van der Waals surface area contributed by atoms with Crippen molar-refractivity contribution >= 4 is 5.97 Å². The van der Waals surface area contributed by atoms with E-state index >= 15 is 0 Å². The SMILES string of the molecule is C[C@@H](C(=O)O)[C@H]1CC[C@@H]2[C@@H]1CC[C@]1(C)[C@H]3CCCC[C@@H]3CC[C@@H]21. The van der Waals surface area contributed by atoms with Crippen molar-refractivity contribution in [2.45, 2.75) is 78.1 Å². The molecular weight excluding hydrogens is 284 g/mol. The summed E-state index contributed by atoms with van der Waals surface area (Å²) in [6.45, 7) is 4.59. The quantitative estimate of drug-likeness (QED) is 0.743. The number of carbonyl (C=O) groups is 1. The summed E-state index contributed by atoms with van der Waals surface area (Å²) in [7, 11) is 0. The van der Waals surface area contributed by atoms with E-state index in [4.69, 9.17) is 0 Å². The average molecular weight is 319 g/mol. The summed E-state index contributed by atoms with van der Waals surface area (Å²) in [6, 6.07) is 0. The lowest BCUT2D eigenvalue weighted by atomic mass is 9.46. The number of hydrogen-bond acceptors (Lipinski definition) is 1. The minimum Gasteiger partial charge on any atom is -0.481 e. The van der Waals surface area contributed by atoms with Gasteiger partial charge in [0.25, 0.3) is 0 Å². The number of hydrogen-bond donors (Lipinski definition) is 1. The van der Waals surface area contributed by atoms with E-state index in [1.807, 2.05) is 6.92 Å². The van der Waals surface area contributed by atoms with Crippen LogP contribution in [-0.4, -0.2) is 11.1 Å². The van der Waals surface area contributed by atoms with Gasteiger partial charge in [-0.3, -0.25) is 4.79 Å². The first-order valence-corrected chi connectivity index (χ1v) is 10.2. The fourth-order valence-electron chi connectivity index (χ4n) is 7.83. The highest BCUT2D eigenvalue weighted by Crippen LogP contribution is 2.65. The fourth-order valence-corrected chi connectivity index (χ4v) is 7.83. The van der Waals surface area contributed by atoms with Crippen molar-refractivity contribution in [2.75, 3.05) is 0 Å². The van der Waals surface area contributed by atoms with Crippen LogP contribution in [0.3, 0.4) is 0 Å². The Morgan fingerprint density at radius 1 is 0.957 bits per heavy atom. The summed E-state index contributed by atoms with van der Waals surface area (Å²) in [5.41, 5.74) is 0.575. The predicted octanol–water partition coefficient (Wildman–Crippen LogP) is 5.37. The molecule has 0 heterocycles. The highest BCUT2D eigenvalue weighted by atomic mass is 16.4. The molecule has 4 aliphatic carbocycles. The Labute approximate surface area is 141 Å². The van der Waals surface area contributed by atoms with Crippen LogP contribution in [0.25, 0.3) is 0 Å². The molecule has 0 radical (unpaired) electrons. The molecular formula is C21H34O2. The van der Waals surface area contributed by atoms with Crippen molar-refractivity contribution in [3.05, 3.63) is 0 Å². The third-order valence-electron chi connectivity index (χ3n) is 8.95. The van der Waals surface area contributed by atoms with E-state index in [-0.39, 0.29) is 5.92 Å². The summed E-state index contributed by atoms with van der Waals surface area (Å²) in [4.78, 5) is 11.5. The number of carboxylic acids is 1. The zero-order valence-electron chi connectivity index (χ0n) is 15.0. The van der Waals surface area contributed by atoms with Crippen molar-refractivity contribution in [1.82, 2.24) is 0 Å². The van der Waals surface area contributed by atoms with Gasteiger partial charge in [-0.2, -0.15) is 0 Å². The van der Waals surface area contributed by atoms with E-state index in [1.165, 1.54) is 64.2 Å². The smallest absolute Gasteiger partial charge is 0.306 e. The molecule has 0 aromatic carbocycles. The molecule has 1 N–H and O–H groups in total. The second kappa shape index (κ2) is 5.77. The topological polar surface area (TPSA) is 37.3 Å². The van der Waals surface area contributed by atoms with Crippen LogP contribution in [-0.2, 0) is 4.79 Å². The third-order valence-corrected chi connectivity index (χ3v) is 8.95. The molecule has 8 atom stereocenters. The Bertz CT molecular complexity index is 472. The molecule has 0 aromatic heterocycles. The lowest BCUT2D eigenvalue weighted by molar-refractivity contribution is -0.145. The summed E-state index contributed by atoms with van der Waals surface area (Å²) in [5, 5.41) is 9.47. The molecule has 0 spiro atoms. The standard InChI is InChI=1S/C21H34O2/c1-13(20(22)23)15-8-9-17-16(15)11-12-21(2)18-6-4-3-5-14(18)7-10-19(17)21/h13-19H,3-12H2,1-2H3,(H,22,23)/t13-,14-,15-,16-,17-,18+,19+,21-/m1/s1. The third kappa shape index (κ3) is 2.38. The molecule has 0 saturated heterocycles. The molecule has 0 amide bonds. The zero-order chi connectivity index (χ0) is 16.2. The maximum atomic E-state index is 11.5. The van der Waals surface area contributed by atoms with Crippen molar-refractivity contribution in [3.8, 4) is 0 Å². The number of carboxylic acid groups (broad SMARTS) is 1. The molecule has 0 aromatic rings. The van der Waals surface area contributed by atoms with Crippen LogP contribution < -0.4 is 0 Å². The van der Waals surface area contributed by atoms with E-state index in [1.54, 1.807) is 0 Å². The molecule has 0 unspecified atom stereocenters. The van der Waals surface area contributed by atoms with Gasteiger partial charge in [0, 0.05) is 0 Å². The van der Waals surface area contributed by atoms with Gasteiger partial charge >= 0.3 is 5.97 Å². The van der Waals surface area contributed by atoms with Gasteiger partial charge < -0.3 is 5.11 Å². The molecule has 4 rings (SSSR count). The molecule has 4 saturated carbocycles. The highest BCUT2D eigenvalue weighted by molar-refractivity contribution is 5.70. The summed E-state index contributed by atoms with van der Waals surface area (Å²) < 4.78 is 0. The first-order valence-electron chi connectivity index (χ1n) is 10.2. The van der Waals surface area contributed by atoms with E-state index < -0.39 is 5.97 Å². The molecule has 4 aliphatic rings. The van der Waals surface area contributed by atoms with Crippen LogP contribution in [0.5, 0.6) is 0 Å².